The molecule has 3 aromatic carbocycles. The Morgan fingerprint density at radius 3 is 2.31 bits per heavy atom. The van der Waals surface area contributed by atoms with E-state index < -0.39 is 27.8 Å². The van der Waals surface area contributed by atoms with Gasteiger partial charge in [-0.05, 0) is 60.2 Å². The molecule has 0 aliphatic heterocycles. The van der Waals surface area contributed by atoms with Crippen LogP contribution >= 0.6 is 0 Å². The lowest BCUT2D eigenvalue weighted by Gasteiger charge is -2.45. The average Bonchev–Trinajstić information content (AvgIpc) is 3.34. The van der Waals surface area contributed by atoms with Crippen molar-refractivity contribution in [3.8, 4) is 0 Å². The van der Waals surface area contributed by atoms with E-state index in [4.69, 9.17) is 0 Å². The van der Waals surface area contributed by atoms with Crippen molar-refractivity contribution in [2.45, 2.75) is 43.4 Å². The van der Waals surface area contributed by atoms with Crippen LogP contribution in [0.15, 0.2) is 90.0 Å². The first-order chi connectivity index (χ1) is 19.8. The number of para-hydroxylation sites is 1. The van der Waals surface area contributed by atoms with Crippen LogP contribution in [0.3, 0.4) is 0 Å². The number of fused-ring (bicyclic) bond motifs is 1. The number of aromatic nitrogens is 1. The Hall–Kier alpha value is -4.32. The van der Waals surface area contributed by atoms with Crippen molar-refractivity contribution in [1.29, 1.82) is 0 Å². The number of alkyl halides is 3. The lowest BCUT2D eigenvalue weighted by molar-refractivity contribution is -0.137. The van der Waals surface area contributed by atoms with E-state index in [1.54, 1.807) is 36.5 Å². The van der Waals surface area contributed by atoms with Crippen LogP contribution in [0.2, 0.25) is 0 Å². The predicted molar refractivity (Wildman–Crippen MR) is 151 cm³/mol. The molecule has 8 nitrogen and oxygen atoms in total. The van der Waals surface area contributed by atoms with E-state index in [2.05, 4.69) is 10.6 Å². The van der Waals surface area contributed by atoms with Crippen LogP contribution < -0.4 is 15.4 Å². The number of sulfonamides is 1. The maximum absolute atomic E-state index is 13.3. The van der Waals surface area contributed by atoms with Gasteiger partial charge in [0.1, 0.15) is 0 Å². The molecule has 0 atom stereocenters. The average molecular weight is 599 g/mol. The highest BCUT2D eigenvalue weighted by molar-refractivity contribution is 7.90. The second-order valence-electron chi connectivity index (χ2n) is 10.9. The number of nitrogens with one attached hydrogen (secondary N) is 3. The molecule has 42 heavy (non-hydrogen) atoms. The number of amides is 3. The van der Waals surface area contributed by atoms with E-state index in [0.29, 0.717) is 36.0 Å². The Balaban J connectivity index is 1.18. The van der Waals surface area contributed by atoms with Crippen LogP contribution in [0.1, 0.15) is 41.3 Å². The van der Waals surface area contributed by atoms with Crippen molar-refractivity contribution < 1.29 is 31.2 Å². The first-order valence-corrected chi connectivity index (χ1v) is 14.7. The molecular weight excluding hydrogens is 569 g/mol. The van der Waals surface area contributed by atoms with Gasteiger partial charge in [-0.3, -0.25) is 4.79 Å². The quantitative estimate of drug-likeness (QED) is 0.256. The highest BCUT2D eigenvalue weighted by Gasteiger charge is 2.41. The standard InChI is InChI=1S/C30H29F3N4O4S/c1-29(19-34-28(39)36-42(40,41)24-7-3-2-4-8-24)16-23(17-29)35-27(38)25-9-5-6-21-14-15-37(26(21)25)18-20-10-12-22(13-11-20)30(31,32)33/h2-15,23H,16-19H2,1H3,(H,35,38)(H2,34,36,39). The summed E-state index contributed by atoms with van der Waals surface area (Å²) in [5.74, 6) is -0.278. The zero-order chi connectivity index (χ0) is 30.1. The molecule has 0 saturated heterocycles. The van der Waals surface area contributed by atoms with Crippen LogP contribution in [0, 0.1) is 5.41 Å². The number of urea groups is 1. The number of benzene rings is 3. The van der Waals surface area contributed by atoms with Gasteiger partial charge in [0.25, 0.3) is 15.9 Å². The molecule has 4 aromatic rings. The molecule has 3 N–H and O–H groups in total. The zero-order valence-corrected chi connectivity index (χ0v) is 23.4. The second kappa shape index (κ2) is 11.2. The maximum atomic E-state index is 13.3. The first kappa shape index (κ1) is 29.2. The fourth-order valence-corrected chi connectivity index (χ4v) is 6.27. The normalized spacial score (nSPS) is 18.7. The fraction of sp³-hybridized carbons (Fsp3) is 0.267. The van der Waals surface area contributed by atoms with E-state index >= 15 is 0 Å². The molecule has 1 aliphatic carbocycles. The predicted octanol–water partition coefficient (Wildman–Crippen LogP) is 5.30. The van der Waals surface area contributed by atoms with E-state index in [1.165, 1.54) is 24.3 Å². The molecule has 0 radical (unpaired) electrons. The fourth-order valence-electron chi connectivity index (χ4n) is 5.32. The van der Waals surface area contributed by atoms with Crippen LogP contribution in [0.5, 0.6) is 0 Å². The van der Waals surface area contributed by atoms with Gasteiger partial charge in [-0.1, -0.05) is 49.4 Å². The van der Waals surface area contributed by atoms with Crippen molar-refractivity contribution in [2.75, 3.05) is 6.54 Å². The molecular formula is C30H29F3N4O4S. The molecule has 0 unspecified atom stereocenters. The zero-order valence-electron chi connectivity index (χ0n) is 22.6. The van der Waals surface area contributed by atoms with Crippen molar-refractivity contribution >= 4 is 32.9 Å². The number of nitrogens with zero attached hydrogens (tertiary/aromatic N) is 1. The van der Waals surface area contributed by atoms with Gasteiger partial charge in [0.15, 0.2) is 0 Å². The topological polar surface area (TPSA) is 109 Å². The summed E-state index contributed by atoms with van der Waals surface area (Å²) >= 11 is 0. The Morgan fingerprint density at radius 2 is 1.64 bits per heavy atom. The molecule has 1 saturated carbocycles. The van der Waals surface area contributed by atoms with Crippen molar-refractivity contribution in [2.24, 2.45) is 5.41 Å². The van der Waals surface area contributed by atoms with Crippen LogP contribution in [0.25, 0.3) is 10.9 Å². The number of carbonyl (C=O) groups is 2. The van der Waals surface area contributed by atoms with Gasteiger partial charge < -0.3 is 15.2 Å². The lowest BCUT2D eigenvalue weighted by atomic mass is 9.66. The summed E-state index contributed by atoms with van der Waals surface area (Å²) in [5, 5.41) is 6.47. The SMILES string of the molecule is CC1(CNC(=O)NS(=O)(=O)c2ccccc2)CC(NC(=O)c2cccc3ccn(Cc4ccc(C(F)(F)F)cc4)c23)C1. The Kier molecular flexibility index (Phi) is 7.76. The number of rotatable bonds is 8. The van der Waals surface area contributed by atoms with E-state index in [0.717, 1.165) is 17.5 Å². The minimum absolute atomic E-state index is 0.0155. The van der Waals surface area contributed by atoms with Crippen LogP contribution in [-0.4, -0.2) is 37.5 Å². The highest BCUT2D eigenvalue weighted by atomic mass is 32.2. The van der Waals surface area contributed by atoms with Crippen LogP contribution in [-0.2, 0) is 22.7 Å². The van der Waals surface area contributed by atoms with Crippen molar-refractivity contribution in [3.63, 3.8) is 0 Å². The highest BCUT2D eigenvalue weighted by Crippen LogP contribution is 2.40. The van der Waals surface area contributed by atoms with E-state index in [-0.39, 0.29) is 28.8 Å². The molecule has 0 bridgehead atoms. The summed E-state index contributed by atoms with van der Waals surface area (Å²) in [5.41, 5.74) is 0.736. The largest absolute Gasteiger partial charge is 0.416 e. The Morgan fingerprint density at radius 1 is 0.952 bits per heavy atom. The second-order valence-corrected chi connectivity index (χ2v) is 12.6. The molecule has 5 rings (SSSR count). The molecule has 220 valence electrons. The van der Waals surface area contributed by atoms with Gasteiger partial charge >= 0.3 is 12.2 Å². The molecule has 0 spiro atoms. The minimum atomic E-state index is -4.41. The third kappa shape index (κ3) is 6.43. The maximum Gasteiger partial charge on any atom is 0.416 e. The molecule has 1 heterocycles. The molecule has 1 fully saturated rings. The van der Waals surface area contributed by atoms with Crippen molar-refractivity contribution in [1.82, 2.24) is 19.9 Å². The van der Waals surface area contributed by atoms with Gasteiger partial charge in [-0.2, -0.15) is 13.2 Å². The molecule has 3 amide bonds. The van der Waals surface area contributed by atoms with E-state index in [9.17, 15) is 31.2 Å². The van der Waals surface area contributed by atoms with Crippen LogP contribution in [0.4, 0.5) is 18.0 Å². The molecule has 1 aliphatic rings. The lowest BCUT2D eigenvalue weighted by Crippen LogP contribution is -2.54. The van der Waals surface area contributed by atoms with Gasteiger partial charge in [0, 0.05) is 30.7 Å². The van der Waals surface area contributed by atoms with Gasteiger partial charge in [-0.25, -0.2) is 17.9 Å². The van der Waals surface area contributed by atoms with Gasteiger partial charge in [0.2, 0.25) is 0 Å². The summed E-state index contributed by atoms with van der Waals surface area (Å²) < 4.78 is 67.3. The number of halogens is 3. The first-order valence-electron chi connectivity index (χ1n) is 13.2. The third-order valence-electron chi connectivity index (χ3n) is 7.44. The molecule has 12 heteroatoms. The summed E-state index contributed by atoms with van der Waals surface area (Å²) in [6, 6.07) is 18.8. The monoisotopic (exact) mass is 598 g/mol. The number of hydrogen-bond donors (Lipinski definition) is 3. The molecule has 1 aromatic heterocycles. The van der Waals surface area contributed by atoms with Gasteiger partial charge in [0.05, 0.1) is 21.5 Å². The third-order valence-corrected chi connectivity index (χ3v) is 8.78. The minimum Gasteiger partial charge on any atom is -0.349 e. The summed E-state index contributed by atoms with van der Waals surface area (Å²) in [6.07, 6.45) is -1.46. The van der Waals surface area contributed by atoms with Gasteiger partial charge in [-0.15, -0.1) is 0 Å². The van der Waals surface area contributed by atoms with E-state index in [1.807, 2.05) is 28.3 Å². The summed E-state index contributed by atoms with van der Waals surface area (Å²) in [7, 11) is -3.98. The summed E-state index contributed by atoms with van der Waals surface area (Å²) in [6.45, 7) is 2.46. The number of carbonyl (C=O) groups excluding carboxylic acids is 2. The Labute approximate surface area is 241 Å². The Bertz CT molecular complexity index is 1710. The number of hydrogen-bond acceptors (Lipinski definition) is 4. The smallest absolute Gasteiger partial charge is 0.349 e. The van der Waals surface area contributed by atoms with Crippen molar-refractivity contribution in [3.05, 3.63) is 102 Å². The summed E-state index contributed by atoms with van der Waals surface area (Å²) in [4.78, 5) is 25.5.